The number of carboxylic acid groups (broad SMARTS) is 1. The van der Waals surface area contributed by atoms with Crippen molar-refractivity contribution in [1.82, 2.24) is 0 Å². The van der Waals surface area contributed by atoms with Gasteiger partial charge < -0.3 is 14.1 Å². The molecule has 166 valence electrons. The second-order valence-corrected chi connectivity index (χ2v) is 8.69. The van der Waals surface area contributed by atoms with E-state index in [9.17, 15) is 23.1 Å². The quantitative estimate of drug-likeness (QED) is 0.272. The first-order valence-electron chi connectivity index (χ1n) is 10.5. The number of carbonyl (C=O) groups is 2. The third-order valence-corrected chi connectivity index (χ3v) is 5.91. The summed E-state index contributed by atoms with van der Waals surface area (Å²) in [5.74, 6) is -4.73. The van der Waals surface area contributed by atoms with Crippen molar-refractivity contribution in [3.05, 3.63) is 0 Å². The molecular formula is C20H37NaO7S. The minimum atomic E-state index is -5.00. The van der Waals surface area contributed by atoms with Gasteiger partial charge in [0.2, 0.25) is 0 Å². The molecule has 0 aromatic rings. The van der Waals surface area contributed by atoms with E-state index in [1.807, 2.05) is 20.8 Å². The zero-order chi connectivity index (χ0) is 21.7. The molecule has 0 heterocycles. The maximum Gasteiger partial charge on any atom is 1.00 e. The van der Waals surface area contributed by atoms with Crippen LogP contribution in [0.4, 0.5) is 0 Å². The van der Waals surface area contributed by atoms with Crippen LogP contribution in [0, 0.1) is 23.7 Å². The van der Waals surface area contributed by atoms with Gasteiger partial charge in [0.05, 0.1) is 5.92 Å². The van der Waals surface area contributed by atoms with E-state index in [0.717, 1.165) is 51.4 Å². The SMILES string of the molecule is CCCCC(CC)CC(C(=O)[O-])C(CC(CC)CCCC)C(=O)OS(=O)(=O)O.[Na+]. The van der Waals surface area contributed by atoms with Gasteiger partial charge in [-0.3, -0.25) is 9.35 Å². The van der Waals surface area contributed by atoms with Gasteiger partial charge in [-0.1, -0.05) is 79.1 Å². The Hall–Kier alpha value is -0.150. The fraction of sp³-hybridized carbons (Fsp3) is 0.900. The molecule has 0 spiro atoms. The van der Waals surface area contributed by atoms with Crippen molar-refractivity contribution in [2.24, 2.45) is 23.7 Å². The van der Waals surface area contributed by atoms with Crippen molar-refractivity contribution >= 4 is 22.3 Å². The number of hydrogen-bond donors (Lipinski definition) is 1. The molecule has 0 aromatic heterocycles. The Morgan fingerprint density at radius 3 is 1.62 bits per heavy atom. The van der Waals surface area contributed by atoms with Crippen LogP contribution in [0.3, 0.4) is 0 Å². The number of rotatable bonds is 16. The second-order valence-electron chi connectivity index (χ2n) is 7.67. The summed E-state index contributed by atoms with van der Waals surface area (Å²) in [5, 5.41) is 11.9. The van der Waals surface area contributed by atoms with Gasteiger partial charge in [-0.05, 0) is 24.7 Å². The summed E-state index contributed by atoms with van der Waals surface area (Å²) < 4.78 is 35.1. The summed E-state index contributed by atoms with van der Waals surface area (Å²) in [4.78, 5) is 24.4. The molecule has 0 bridgehead atoms. The first-order chi connectivity index (χ1) is 13.1. The molecular weight excluding hydrogens is 407 g/mol. The van der Waals surface area contributed by atoms with Crippen LogP contribution < -0.4 is 34.7 Å². The molecule has 4 atom stereocenters. The number of unbranched alkanes of at least 4 members (excludes halogenated alkanes) is 2. The zero-order valence-electron chi connectivity index (χ0n) is 18.7. The van der Waals surface area contributed by atoms with E-state index < -0.39 is 34.2 Å². The summed E-state index contributed by atoms with van der Waals surface area (Å²) >= 11 is 0. The Balaban J connectivity index is 0. The van der Waals surface area contributed by atoms with Crippen LogP contribution in [0.2, 0.25) is 0 Å². The molecule has 0 amide bonds. The van der Waals surface area contributed by atoms with Crippen LogP contribution >= 0.6 is 0 Å². The third kappa shape index (κ3) is 13.7. The molecule has 29 heavy (non-hydrogen) atoms. The van der Waals surface area contributed by atoms with Gasteiger partial charge in [0.1, 0.15) is 0 Å². The van der Waals surface area contributed by atoms with E-state index in [2.05, 4.69) is 11.1 Å². The van der Waals surface area contributed by atoms with Crippen LogP contribution in [0.5, 0.6) is 0 Å². The van der Waals surface area contributed by atoms with Gasteiger partial charge in [-0.15, -0.1) is 0 Å². The maximum absolute atomic E-state index is 12.5. The average Bonchev–Trinajstić information content (AvgIpc) is 2.61. The van der Waals surface area contributed by atoms with E-state index >= 15 is 0 Å². The molecule has 7 nitrogen and oxygen atoms in total. The Morgan fingerprint density at radius 2 is 1.31 bits per heavy atom. The molecule has 0 aliphatic carbocycles. The molecule has 9 heteroatoms. The summed E-state index contributed by atoms with van der Waals surface area (Å²) in [6.07, 6.45) is 7.42. The second kappa shape index (κ2) is 16.5. The van der Waals surface area contributed by atoms with Crippen molar-refractivity contribution in [3.8, 4) is 0 Å². The summed E-state index contributed by atoms with van der Waals surface area (Å²) in [5.41, 5.74) is 0. The third-order valence-electron chi connectivity index (χ3n) is 5.54. The standard InChI is InChI=1S/C20H38O7S.Na/c1-5-9-11-15(7-3)13-17(19(21)22)18(20(23)27-28(24,25)26)14-16(8-4)12-10-6-2;/h15-18H,5-14H2,1-4H3,(H,21,22)(H,24,25,26);/q;+1/p-1. The van der Waals surface area contributed by atoms with Crippen molar-refractivity contribution in [2.75, 3.05) is 0 Å². The Labute approximate surface area is 198 Å². The van der Waals surface area contributed by atoms with Gasteiger partial charge in [-0.25, -0.2) is 0 Å². The van der Waals surface area contributed by atoms with Gasteiger partial charge >= 0.3 is 45.9 Å². The largest absolute Gasteiger partial charge is 1.00 e. The molecule has 0 aromatic carbocycles. The van der Waals surface area contributed by atoms with Gasteiger partial charge in [0.15, 0.2) is 0 Å². The summed E-state index contributed by atoms with van der Waals surface area (Å²) in [6, 6.07) is 0. The smallest absolute Gasteiger partial charge is 0.550 e. The zero-order valence-corrected chi connectivity index (χ0v) is 21.5. The fourth-order valence-electron chi connectivity index (χ4n) is 3.70. The summed E-state index contributed by atoms with van der Waals surface area (Å²) in [7, 11) is -5.00. The van der Waals surface area contributed by atoms with E-state index in [1.54, 1.807) is 0 Å². The van der Waals surface area contributed by atoms with E-state index in [-0.39, 0.29) is 54.2 Å². The van der Waals surface area contributed by atoms with Crippen molar-refractivity contribution in [1.29, 1.82) is 0 Å². The molecule has 4 unspecified atom stereocenters. The minimum absolute atomic E-state index is 0. The normalized spacial score (nSPS) is 15.6. The molecule has 1 N–H and O–H groups in total. The van der Waals surface area contributed by atoms with Crippen LogP contribution in [0.25, 0.3) is 0 Å². The van der Waals surface area contributed by atoms with Crippen molar-refractivity contribution in [2.45, 2.75) is 91.9 Å². The first-order valence-corrected chi connectivity index (χ1v) is 11.9. The molecule has 0 rings (SSSR count). The number of carbonyl (C=O) groups excluding carboxylic acids is 2. The fourth-order valence-corrected chi connectivity index (χ4v) is 4.03. The van der Waals surface area contributed by atoms with Crippen LogP contribution in [-0.2, 0) is 24.2 Å². The monoisotopic (exact) mass is 444 g/mol. The number of hydrogen-bond acceptors (Lipinski definition) is 6. The molecule has 0 aliphatic rings. The number of carboxylic acids is 1. The van der Waals surface area contributed by atoms with Crippen LogP contribution in [0.1, 0.15) is 91.9 Å². The average molecular weight is 445 g/mol. The molecule has 0 saturated carbocycles. The van der Waals surface area contributed by atoms with Gasteiger partial charge in [0.25, 0.3) is 0 Å². The number of aliphatic carboxylic acids is 1. The van der Waals surface area contributed by atoms with Crippen LogP contribution in [0.15, 0.2) is 0 Å². The molecule has 0 radical (unpaired) electrons. The van der Waals surface area contributed by atoms with E-state index in [4.69, 9.17) is 4.55 Å². The Bertz CT molecular complexity index is 565. The molecule has 0 aliphatic heterocycles. The van der Waals surface area contributed by atoms with E-state index in [0.29, 0.717) is 0 Å². The van der Waals surface area contributed by atoms with Gasteiger partial charge in [-0.2, -0.15) is 8.42 Å². The predicted octanol–water partition coefficient (Wildman–Crippen LogP) is 0.532. The van der Waals surface area contributed by atoms with Crippen molar-refractivity contribution in [3.63, 3.8) is 0 Å². The maximum atomic E-state index is 12.5. The Morgan fingerprint density at radius 1 is 0.897 bits per heavy atom. The molecule has 0 fully saturated rings. The summed E-state index contributed by atoms with van der Waals surface area (Å²) in [6.45, 7) is 8.01. The van der Waals surface area contributed by atoms with E-state index in [1.165, 1.54) is 0 Å². The molecule has 0 saturated heterocycles. The van der Waals surface area contributed by atoms with Gasteiger partial charge in [0, 0.05) is 11.9 Å². The minimum Gasteiger partial charge on any atom is -0.550 e. The van der Waals surface area contributed by atoms with Crippen LogP contribution in [-0.4, -0.2) is 24.9 Å². The predicted molar refractivity (Wildman–Crippen MR) is 105 cm³/mol. The first kappa shape index (κ1) is 31.0. The topological polar surface area (TPSA) is 121 Å². The Kier molecular flexibility index (Phi) is 17.7. The van der Waals surface area contributed by atoms with Crippen molar-refractivity contribution < 1.29 is 61.4 Å².